The summed E-state index contributed by atoms with van der Waals surface area (Å²) in [4.78, 5) is 38.0. The van der Waals surface area contributed by atoms with Gasteiger partial charge >= 0.3 is 5.97 Å². The number of likely N-dealkylation sites (tertiary alicyclic amines) is 1. The van der Waals surface area contributed by atoms with Crippen LogP contribution in [0, 0.1) is 17.2 Å². The summed E-state index contributed by atoms with van der Waals surface area (Å²) in [5.74, 6) is -1.70. The van der Waals surface area contributed by atoms with Gasteiger partial charge in [-0.1, -0.05) is 36.4 Å². The van der Waals surface area contributed by atoms with E-state index in [1.54, 1.807) is 23.1 Å². The number of benzene rings is 2. The summed E-state index contributed by atoms with van der Waals surface area (Å²) >= 11 is 0. The van der Waals surface area contributed by atoms with Gasteiger partial charge in [0.05, 0.1) is 17.6 Å². The number of carbonyl (C=O) groups is 3. The number of nitrogens with zero attached hydrogens (tertiary/aromatic N) is 2. The Balaban J connectivity index is 1.44. The minimum absolute atomic E-state index is 0.0827. The van der Waals surface area contributed by atoms with Gasteiger partial charge in [-0.3, -0.25) is 14.4 Å². The van der Waals surface area contributed by atoms with Crippen molar-refractivity contribution in [1.29, 1.82) is 5.26 Å². The average Bonchev–Trinajstić information content (AvgIpc) is 3.12. The molecule has 3 rings (SSSR count). The Labute approximate surface area is 168 Å². The molecule has 0 unspecified atom stereocenters. The van der Waals surface area contributed by atoms with E-state index in [0.29, 0.717) is 24.3 Å². The topological polar surface area (TPSA) is 99.5 Å². The monoisotopic (exact) mass is 391 g/mol. The van der Waals surface area contributed by atoms with Gasteiger partial charge in [-0.2, -0.15) is 5.26 Å². The number of hydrogen-bond donors (Lipinski definition) is 1. The molecule has 0 aliphatic carbocycles. The summed E-state index contributed by atoms with van der Waals surface area (Å²) in [5, 5.41) is 11.4. The van der Waals surface area contributed by atoms with E-state index in [4.69, 9.17) is 10.00 Å². The molecule has 29 heavy (non-hydrogen) atoms. The van der Waals surface area contributed by atoms with E-state index < -0.39 is 24.4 Å². The van der Waals surface area contributed by atoms with E-state index in [1.807, 2.05) is 36.4 Å². The zero-order valence-electron chi connectivity index (χ0n) is 15.8. The molecule has 7 nitrogen and oxygen atoms in total. The number of ether oxygens (including phenoxy) is 1. The number of amides is 2. The van der Waals surface area contributed by atoms with Crippen molar-refractivity contribution in [3.8, 4) is 6.07 Å². The second kappa shape index (κ2) is 9.51. The van der Waals surface area contributed by atoms with Gasteiger partial charge in [0.2, 0.25) is 5.91 Å². The molecule has 0 bridgehead atoms. The van der Waals surface area contributed by atoms with Gasteiger partial charge in [-0.05, 0) is 30.2 Å². The highest BCUT2D eigenvalue weighted by atomic mass is 16.5. The van der Waals surface area contributed by atoms with Crippen molar-refractivity contribution in [3.63, 3.8) is 0 Å². The molecule has 1 saturated heterocycles. The molecular weight excluding hydrogens is 370 g/mol. The number of nitrogens with one attached hydrogen (secondary N) is 1. The minimum Gasteiger partial charge on any atom is -0.455 e. The van der Waals surface area contributed by atoms with Crippen LogP contribution in [0.5, 0.6) is 0 Å². The fourth-order valence-electron chi connectivity index (χ4n) is 3.17. The van der Waals surface area contributed by atoms with Crippen LogP contribution < -0.4 is 5.32 Å². The van der Waals surface area contributed by atoms with Crippen molar-refractivity contribution in [1.82, 2.24) is 4.90 Å². The van der Waals surface area contributed by atoms with Crippen LogP contribution in [-0.2, 0) is 25.5 Å². The summed E-state index contributed by atoms with van der Waals surface area (Å²) in [7, 11) is 0. The van der Waals surface area contributed by atoms with Gasteiger partial charge in [0.25, 0.3) is 5.91 Å². The predicted molar refractivity (Wildman–Crippen MR) is 106 cm³/mol. The van der Waals surface area contributed by atoms with Crippen LogP contribution in [0.3, 0.4) is 0 Å². The summed E-state index contributed by atoms with van der Waals surface area (Å²) in [6, 6.07) is 18.2. The lowest BCUT2D eigenvalue weighted by atomic mass is 10.1. The number of hydrogen-bond acceptors (Lipinski definition) is 5. The van der Waals surface area contributed by atoms with Crippen molar-refractivity contribution in [2.75, 3.05) is 25.0 Å². The molecule has 7 heteroatoms. The van der Waals surface area contributed by atoms with Crippen LogP contribution in [0.1, 0.15) is 17.5 Å². The summed E-state index contributed by atoms with van der Waals surface area (Å²) in [6.45, 7) is 0.406. The van der Waals surface area contributed by atoms with Crippen LogP contribution in [0.2, 0.25) is 0 Å². The van der Waals surface area contributed by atoms with Gasteiger partial charge in [-0.15, -0.1) is 0 Å². The first-order valence-electron chi connectivity index (χ1n) is 9.33. The number of anilines is 1. The number of rotatable bonds is 7. The lowest BCUT2D eigenvalue weighted by Gasteiger charge is -2.16. The van der Waals surface area contributed by atoms with Gasteiger partial charge in [0.1, 0.15) is 0 Å². The fraction of sp³-hybridized carbons (Fsp3) is 0.273. The van der Waals surface area contributed by atoms with Crippen LogP contribution in [0.15, 0.2) is 54.6 Å². The molecule has 1 heterocycles. The number of carbonyl (C=O) groups excluding carboxylic acids is 3. The highest BCUT2D eigenvalue weighted by Crippen LogP contribution is 2.20. The van der Waals surface area contributed by atoms with Crippen LogP contribution in [0.4, 0.5) is 5.69 Å². The first-order chi connectivity index (χ1) is 14.0. The minimum atomic E-state index is -0.562. The molecule has 1 fully saturated rings. The van der Waals surface area contributed by atoms with Gasteiger partial charge in [0.15, 0.2) is 6.61 Å². The first-order valence-corrected chi connectivity index (χ1v) is 9.33. The normalized spacial score (nSPS) is 15.6. The zero-order valence-corrected chi connectivity index (χ0v) is 15.8. The molecule has 1 N–H and O–H groups in total. The standard InChI is InChI=1S/C22H21N3O4/c23-13-17-7-4-8-19(11-17)24-20(26)15-29-22(28)18-12-21(27)25(14-18)10-9-16-5-2-1-3-6-16/h1-8,11,18H,9-10,12,14-15H2,(H,24,26)/t18-/m0/s1. The highest BCUT2D eigenvalue weighted by Gasteiger charge is 2.35. The zero-order chi connectivity index (χ0) is 20.6. The third-order valence-electron chi connectivity index (χ3n) is 4.68. The molecule has 1 aliphatic rings. The van der Waals surface area contributed by atoms with Gasteiger partial charge < -0.3 is 15.0 Å². The quantitative estimate of drug-likeness (QED) is 0.729. The summed E-state index contributed by atoms with van der Waals surface area (Å²) in [6.07, 6.45) is 0.817. The Morgan fingerprint density at radius 2 is 1.97 bits per heavy atom. The van der Waals surface area contributed by atoms with E-state index in [1.165, 1.54) is 6.07 Å². The van der Waals surface area contributed by atoms with Crippen molar-refractivity contribution >= 4 is 23.5 Å². The summed E-state index contributed by atoms with van der Waals surface area (Å²) < 4.78 is 5.08. The molecule has 2 aromatic carbocycles. The first kappa shape index (κ1) is 20.1. The maximum absolute atomic E-state index is 12.2. The van der Waals surface area contributed by atoms with Crippen molar-refractivity contribution in [2.45, 2.75) is 12.8 Å². The number of nitriles is 1. The van der Waals surface area contributed by atoms with E-state index >= 15 is 0 Å². The van der Waals surface area contributed by atoms with E-state index in [2.05, 4.69) is 5.32 Å². The van der Waals surface area contributed by atoms with Crippen molar-refractivity contribution in [3.05, 3.63) is 65.7 Å². The third-order valence-corrected chi connectivity index (χ3v) is 4.68. The van der Waals surface area contributed by atoms with Crippen molar-refractivity contribution < 1.29 is 19.1 Å². The van der Waals surface area contributed by atoms with E-state index in [9.17, 15) is 14.4 Å². The molecule has 0 saturated carbocycles. The number of esters is 1. The average molecular weight is 391 g/mol. The maximum atomic E-state index is 12.2. The molecule has 1 atom stereocenters. The summed E-state index contributed by atoms with van der Waals surface area (Å²) in [5.41, 5.74) is 2.00. The predicted octanol–water partition coefficient (Wildman–Crippen LogP) is 2.13. The molecule has 2 amide bonds. The van der Waals surface area contributed by atoms with Crippen LogP contribution in [0.25, 0.3) is 0 Å². The molecule has 1 aliphatic heterocycles. The molecule has 148 valence electrons. The lowest BCUT2D eigenvalue weighted by Crippen LogP contribution is -2.29. The molecular formula is C22H21N3O4. The van der Waals surface area contributed by atoms with Gasteiger partial charge in [-0.25, -0.2) is 0 Å². The Morgan fingerprint density at radius 3 is 2.72 bits per heavy atom. The Bertz CT molecular complexity index is 937. The Hall–Kier alpha value is -3.66. The third kappa shape index (κ3) is 5.66. The highest BCUT2D eigenvalue weighted by molar-refractivity contribution is 5.93. The van der Waals surface area contributed by atoms with Crippen LogP contribution in [-0.4, -0.2) is 42.4 Å². The Kier molecular flexibility index (Phi) is 6.59. The van der Waals surface area contributed by atoms with E-state index in [-0.39, 0.29) is 12.3 Å². The lowest BCUT2D eigenvalue weighted by molar-refractivity contribution is -0.151. The molecule has 0 aromatic heterocycles. The smallest absolute Gasteiger partial charge is 0.311 e. The SMILES string of the molecule is N#Cc1cccc(NC(=O)COC(=O)[C@H]2CC(=O)N(CCc3ccccc3)C2)c1. The Morgan fingerprint density at radius 1 is 1.17 bits per heavy atom. The van der Waals surface area contributed by atoms with Crippen LogP contribution >= 0.6 is 0 Å². The molecule has 0 radical (unpaired) electrons. The molecule has 2 aromatic rings. The largest absolute Gasteiger partial charge is 0.455 e. The molecule has 0 spiro atoms. The second-order valence-electron chi connectivity index (χ2n) is 6.82. The van der Waals surface area contributed by atoms with E-state index in [0.717, 1.165) is 12.0 Å². The van der Waals surface area contributed by atoms with Gasteiger partial charge in [0, 0.05) is 25.2 Å². The van der Waals surface area contributed by atoms with Crippen molar-refractivity contribution in [2.24, 2.45) is 5.92 Å². The second-order valence-corrected chi connectivity index (χ2v) is 6.82. The maximum Gasteiger partial charge on any atom is 0.311 e. The fourth-order valence-corrected chi connectivity index (χ4v) is 3.17.